The maximum Gasteiger partial charge on any atom is 0.123 e. The Morgan fingerprint density at radius 3 is 2.46 bits per heavy atom. The third-order valence-corrected chi connectivity index (χ3v) is 1.67. The van der Waals surface area contributed by atoms with Gasteiger partial charge in [0.2, 0.25) is 0 Å². The van der Waals surface area contributed by atoms with Gasteiger partial charge in [0.05, 0.1) is 0 Å². The fourth-order valence-corrected chi connectivity index (χ4v) is 1.04. The Bertz CT molecular complexity index is 233. The predicted octanol–water partition coefficient (Wildman–Crippen LogP) is 1.57. The van der Waals surface area contributed by atoms with E-state index in [1.54, 1.807) is 12.1 Å². The smallest absolute Gasteiger partial charge is 0.123 e. The van der Waals surface area contributed by atoms with Crippen LogP contribution in [0.3, 0.4) is 0 Å². The first-order chi connectivity index (χ1) is 6.36. The van der Waals surface area contributed by atoms with Crippen molar-refractivity contribution in [1.82, 2.24) is 0 Å². The van der Waals surface area contributed by atoms with Gasteiger partial charge in [0.1, 0.15) is 19.0 Å². The maximum atomic E-state index is 11.7. The first-order valence-corrected chi connectivity index (χ1v) is 4.25. The number of hydrogen-bond donors (Lipinski definition) is 1. The van der Waals surface area contributed by atoms with Crippen molar-refractivity contribution in [1.29, 1.82) is 0 Å². The molecular weight excluding hydrogens is 171 g/mol. The zero-order valence-electron chi connectivity index (χ0n) is 7.37. The Morgan fingerprint density at radius 1 is 1.23 bits per heavy atom. The van der Waals surface area contributed by atoms with Crippen LogP contribution in [0.2, 0.25) is 0 Å². The summed E-state index contributed by atoms with van der Waals surface area (Å²) in [4.78, 5) is 0. The Balaban J connectivity index is 2.48. The normalized spacial score (nSPS) is 10.0. The molecule has 3 heteroatoms. The summed E-state index contributed by atoms with van der Waals surface area (Å²) in [7, 11) is 0. The average molecular weight is 184 g/mol. The SMILES string of the molecule is OCCc1ccc(OCCF)cc1. The van der Waals surface area contributed by atoms with Crippen molar-refractivity contribution in [2.24, 2.45) is 0 Å². The van der Waals surface area contributed by atoms with E-state index in [0.717, 1.165) is 5.56 Å². The molecule has 1 N–H and O–H groups in total. The average Bonchev–Trinajstić information content (AvgIpc) is 2.17. The number of rotatable bonds is 5. The highest BCUT2D eigenvalue weighted by Crippen LogP contribution is 2.12. The van der Waals surface area contributed by atoms with Crippen molar-refractivity contribution < 1.29 is 14.2 Å². The minimum atomic E-state index is -0.474. The molecular formula is C10H13FO2. The molecule has 0 spiro atoms. The van der Waals surface area contributed by atoms with Crippen molar-refractivity contribution in [3.63, 3.8) is 0 Å². The van der Waals surface area contributed by atoms with E-state index >= 15 is 0 Å². The topological polar surface area (TPSA) is 29.5 Å². The van der Waals surface area contributed by atoms with Crippen LogP contribution in [0.4, 0.5) is 4.39 Å². The van der Waals surface area contributed by atoms with Gasteiger partial charge < -0.3 is 9.84 Å². The van der Waals surface area contributed by atoms with Gasteiger partial charge in [-0.2, -0.15) is 0 Å². The van der Waals surface area contributed by atoms with E-state index in [-0.39, 0.29) is 13.2 Å². The lowest BCUT2D eigenvalue weighted by molar-refractivity contribution is 0.273. The molecule has 0 bridgehead atoms. The van der Waals surface area contributed by atoms with Gasteiger partial charge in [0.15, 0.2) is 0 Å². The molecule has 0 aliphatic heterocycles. The summed E-state index contributed by atoms with van der Waals surface area (Å²) in [6.07, 6.45) is 0.642. The van der Waals surface area contributed by atoms with Gasteiger partial charge in [-0.1, -0.05) is 12.1 Å². The fraction of sp³-hybridized carbons (Fsp3) is 0.400. The lowest BCUT2D eigenvalue weighted by Crippen LogP contribution is -1.98. The highest BCUT2D eigenvalue weighted by Gasteiger charge is 1.94. The molecule has 2 nitrogen and oxygen atoms in total. The molecule has 0 aromatic heterocycles. The lowest BCUT2D eigenvalue weighted by atomic mass is 10.1. The first kappa shape index (κ1) is 9.99. The molecule has 72 valence electrons. The second-order valence-electron chi connectivity index (χ2n) is 2.66. The number of halogens is 1. The van der Waals surface area contributed by atoms with Crippen LogP contribution in [0.25, 0.3) is 0 Å². The van der Waals surface area contributed by atoms with Gasteiger partial charge in [0.25, 0.3) is 0 Å². The van der Waals surface area contributed by atoms with Crippen LogP contribution in [0.5, 0.6) is 5.75 Å². The van der Waals surface area contributed by atoms with E-state index in [4.69, 9.17) is 9.84 Å². The summed E-state index contributed by atoms with van der Waals surface area (Å²) in [5.74, 6) is 0.666. The summed E-state index contributed by atoms with van der Waals surface area (Å²) in [5, 5.41) is 8.65. The number of ether oxygens (including phenoxy) is 1. The molecule has 0 unspecified atom stereocenters. The minimum absolute atomic E-state index is 0.0966. The van der Waals surface area contributed by atoms with Crippen molar-refractivity contribution in [2.75, 3.05) is 19.9 Å². The van der Waals surface area contributed by atoms with E-state index in [2.05, 4.69) is 0 Å². The monoisotopic (exact) mass is 184 g/mol. The Morgan fingerprint density at radius 2 is 1.92 bits per heavy atom. The van der Waals surface area contributed by atoms with Crippen LogP contribution >= 0.6 is 0 Å². The predicted molar refractivity (Wildman–Crippen MR) is 48.7 cm³/mol. The maximum absolute atomic E-state index is 11.7. The van der Waals surface area contributed by atoms with Crippen LogP contribution in [0, 0.1) is 0 Å². The van der Waals surface area contributed by atoms with Crippen LogP contribution in [-0.2, 0) is 6.42 Å². The molecule has 0 aliphatic carbocycles. The fourth-order valence-electron chi connectivity index (χ4n) is 1.04. The molecule has 0 radical (unpaired) electrons. The quantitative estimate of drug-likeness (QED) is 0.752. The third kappa shape index (κ3) is 3.42. The molecule has 0 saturated heterocycles. The van der Waals surface area contributed by atoms with Crippen LogP contribution in [0.15, 0.2) is 24.3 Å². The third-order valence-electron chi connectivity index (χ3n) is 1.67. The minimum Gasteiger partial charge on any atom is -0.491 e. The van der Waals surface area contributed by atoms with Gasteiger partial charge in [-0.25, -0.2) is 4.39 Å². The molecule has 0 fully saturated rings. The van der Waals surface area contributed by atoms with Crippen molar-refractivity contribution in [2.45, 2.75) is 6.42 Å². The molecule has 1 aromatic carbocycles. The summed E-state index contributed by atoms with van der Waals surface area (Å²) < 4.78 is 16.8. The Hall–Kier alpha value is -1.09. The molecule has 0 aliphatic rings. The first-order valence-electron chi connectivity index (χ1n) is 4.25. The van der Waals surface area contributed by atoms with Crippen molar-refractivity contribution in [3.05, 3.63) is 29.8 Å². The molecule has 1 rings (SSSR count). The summed E-state index contributed by atoms with van der Waals surface area (Å²) in [6, 6.07) is 7.29. The van der Waals surface area contributed by atoms with E-state index in [1.807, 2.05) is 12.1 Å². The van der Waals surface area contributed by atoms with Crippen LogP contribution in [-0.4, -0.2) is 25.0 Å². The molecule has 0 atom stereocenters. The van der Waals surface area contributed by atoms with E-state index in [9.17, 15) is 4.39 Å². The zero-order valence-corrected chi connectivity index (χ0v) is 7.37. The van der Waals surface area contributed by atoms with Crippen molar-refractivity contribution >= 4 is 0 Å². The molecule has 0 saturated carbocycles. The highest BCUT2D eigenvalue weighted by atomic mass is 19.1. The zero-order chi connectivity index (χ0) is 9.52. The number of hydrogen-bond acceptors (Lipinski definition) is 2. The van der Waals surface area contributed by atoms with E-state index < -0.39 is 6.67 Å². The van der Waals surface area contributed by atoms with Crippen LogP contribution < -0.4 is 4.74 Å². The van der Waals surface area contributed by atoms with E-state index in [1.165, 1.54) is 0 Å². The second-order valence-corrected chi connectivity index (χ2v) is 2.66. The molecule has 0 amide bonds. The Labute approximate surface area is 77.0 Å². The molecule has 13 heavy (non-hydrogen) atoms. The van der Waals surface area contributed by atoms with Gasteiger partial charge in [0, 0.05) is 6.61 Å². The number of aliphatic hydroxyl groups excluding tert-OH is 1. The van der Waals surface area contributed by atoms with E-state index in [0.29, 0.717) is 12.2 Å². The standard InChI is InChI=1S/C10H13FO2/c11-6-8-13-10-3-1-9(2-4-10)5-7-12/h1-4,12H,5-8H2. The van der Waals surface area contributed by atoms with Gasteiger partial charge in [-0.15, -0.1) is 0 Å². The highest BCUT2D eigenvalue weighted by molar-refractivity contribution is 5.27. The van der Waals surface area contributed by atoms with Gasteiger partial charge >= 0.3 is 0 Å². The lowest BCUT2D eigenvalue weighted by Gasteiger charge is -2.04. The van der Waals surface area contributed by atoms with Crippen LogP contribution in [0.1, 0.15) is 5.56 Å². The summed E-state index contributed by atoms with van der Waals surface area (Å²) in [6.45, 7) is -0.234. The largest absolute Gasteiger partial charge is 0.491 e. The van der Waals surface area contributed by atoms with Crippen molar-refractivity contribution in [3.8, 4) is 5.75 Å². The Kier molecular flexibility index (Phi) is 4.26. The summed E-state index contributed by atoms with van der Waals surface area (Å²) >= 11 is 0. The number of aliphatic hydroxyl groups is 1. The number of alkyl halides is 1. The van der Waals surface area contributed by atoms with Gasteiger partial charge in [-0.3, -0.25) is 0 Å². The summed E-state index contributed by atoms with van der Waals surface area (Å²) in [5.41, 5.74) is 1.05. The molecule has 1 aromatic rings. The van der Waals surface area contributed by atoms with Gasteiger partial charge in [-0.05, 0) is 24.1 Å². The molecule has 0 heterocycles. The second kappa shape index (κ2) is 5.54. The number of benzene rings is 1.